The molecular formula is C28H31NO4. The third-order valence-corrected chi connectivity index (χ3v) is 5.04. The number of carbonyl (C=O) groups is 2. The smallest absolute Gasteiger partial charge is 0.408 e. The van der Waals surface area contributed by atoms with Gasteiger partial charge in [0.25, 0.3) is 0 Å². The molecule has 0 bridgehead atoms. The van der Waals surface area contributed by atoms with Crippen molar-refractivity contribution in [3.05, 3.63) is 108 Å². The number of ether oxygens (including phenoxy) is 2. The molecule has 5 nitrogen and oxygen atoms in total. The van der Waals surface area contributed by atoms with Gasteiger partial charge < -0.3 is 14.8 Å². The quantitative estimate of drug-likeness (QED) is 0.467. The van der Waals surface area contributed by atoms with Crippen molar-refractivity contribution in [2.75, 3.05) is 0 Å². The fourth-order valence-corrected chi connectivity index (χ4v) is 3.60. The Kier molecular flexibility index (Phi) is 7.88. The molecule has 3 aromatic rings. The number of carbonyl (C=O) groups excluding carboxylic acids is 2. The summed E-state index contributed by atoms with van der Waals surface area (Å²) in [6.45, 7) is 5.48. The molecule has 0 spiro atoms. The highest BCUT2D eigenvalue weighted by atomic mass is 16.6. The Morgan fingerprint density at radius 1 is 0.697 bits per heavy atom. The van der Waals surface area contributed by atoms with Crippen molar-refractivity contribution in [2.24, 2.45) is 0 Å². The summed E-state index contributed by atoms with van der Waals surface area (Å²) in [6, 6.07) is 28.7. The highest BCUT2D eigenvalue weighted by Crippen LogP contribution is 2.23. The van der Waals surface area contributed by atoms with Crippen LogP contribution >= 0.6 is 0 Å². The van der Waals surface area contributed by atoms with Crippen LogP contribution in [0.2, 0.25) is 0 Å². The summed E-state index contributed by atoms with van der Waals surface area (Å²) in [6.07, 6.45) is -0.142. The van der Waals surface area contributed by atoms with Gasteiger partial charge in [-0.1, -0.05) is 91.0 Å². The van der Waals surface area contributed by atoms with Crippen molar-refractivity contribution in [1.82, 2.24) is 5.32 Å². The molecule has 0 atom stereocenters. The van der Waals surface area contributed by atoms with Gasteiger partial charge in [0.2, 0.25) is 0 Å². The number of benzene rings is 3. The summed E-state index contributed by atoms with van der Waals surface area (Å²) in [5.74, 6) is -0.509. The van der Waals surface area contributed by atoms with Crippen LogP contribution in [0.1, 0.15) is 37.5 Å². The van der Waals surface area contributed by atoms with Crippen LogP contribution in [0.25, 0.3) is 0 Å². The third kappa shape index (κ3) is 7.49. The Morgan fingerprint density at radius 3 is 1.55 bits per heavy atom. The average Bonchev–Trinajstić information content (AvgIpc) is 2.78. The summed E-state index contributed by atoms with van der Waals surface area (Å²) in [7, 11) is 0. The molecule has 0 fully saturated rings. The van der Waals surface area contributed by atoms with E-state index in [1.165, 1.54) is 0 Å². The van der Waals surface area contributed by atoms with Crippen LogP contribution in [0.3, 0.4) is 0 Å². The largest absolute Gasteiger partial charge is 0.459 e. The minimum atomic E-state index is -1.35. The molecule has 5 heteroatoms. The Hall–Kier alpha value is -3.60. The summed E-state index contributed by atoms with van der Waals surface area (Å²) in [5.41, 5.74) is 0.627. The molecule has 172 valence electrons. The molecule has 0 radical (unpaired) electrons. The van der Waals surface area contributed by atoms with Crippen LogP contribution in [-0.4, -0.2) is 23.2 Å². The van der Waals surface area contributed by atoms with E-state index in [4.69, 9.17) is 9.47 Å². The van der Waals surface area contributed by atoms with Crippen molar-refractivity contribution < 1.29 is 19.1 Å². The van der Waals surface area contributed by atoms with Gasteiger partial charge in [-0.05, 0) is 37.5 Å². The molecule has 0 saturated heterocycles. The fraction of sp³-hybridized carbons (Fsp3) is 0.286. The van der Waals surface area contributed by atoms with Crippen molar-refractivity contribution >= 4 is 12.1 Å². The number of rotatable bonds is 8. The highest BCUT2D eigenvalue weighted by molar-refractivity contribution is 5.86. The van der Waals surface area contributed by atoms with E-state index >= 15 is 0 Å². The molecule has 0 aliphatic heterocycles. The Balaban J connectivity index is 1.96. The fourth-order valence-electron chi connectivity index (χ4n) is 3.60. The molecule has 33 heavy (non-hydrogen) atoms. The van der Waals surface area contributed by atoms with Crippen LogP contribution in [0, 0.1) is 0 Å². The topological polar surface area (TPSA) is 64.6 Å². The van der Waals surface area contributed by atoms with E-state index in [9.17, 15) is 9.59 Å². The Bertz CT molecular complexity index is 986. The molecule has 1 N–H and O–H groups in total. The van der Waals surface area contributed by atoms with Gasteiger partial charge in [0.05, 0.1) is 0 Å². The Morgan fingerprint density at radius 2 is 1.12 bits per heavy atom. The predicted octanol–water partition coefficient (Wildman–Crippen LogP) is 5.48. The molecule has 3 aromatic carbocycles. The van der Waals surface area contributed by atoms with Crippen LogP contribution in [0.15, 0.2) is 91.0 Å². The molecule has 0 aliphatic carbocycles. The first-order valence-corrected chi connectivity index (χ1v) is 11.1. The van der Waals surface area contributed by atoms with Crippen LogP contribution in [0.5, 0.6) is 0 Å². The van der Waals surface area contributed by atoms with E-state index in [-0.39, 0.29) is 19.4 Å². The lowest BCUT2D eigenvalue weighted by Crippen LogP contribution is -2.59. The van der Waals surface area contributed by atoms with Gasteiger partial charge in [-0.2, -0.15) is 0 Å². The van der Waals surface area contributed by atoms with Crippen molar-refractivity contribution in [2.45, 2.75) is 51.4 Å². The lowest BCUT2D eigenvalue weighted by atomic mass is 9.84. The average molecular weight is 446 g/mol. The second-order valence-corrected chi connectivity index (χ2v) is 9.10. The van der Waals surface area contributed by atoms with E-state index in [1.54, 1.807) is 20.8 Å². The minimum absolute atomic E-state index is 0.112. The molecular weight excluding hydrogens is 414 g/mol. The first-order chi connectivity index (χ1) is 15.8. The standard InChI is InChI=1S/C28H31NO4/c1-27(2,3)33-26(31)29-28(19-22-13-7-4-8-14-22,20-23-15-9-5-10-16-23)25(30)32-21-24-17-11-6-12-18-24/h4-18H,19-21H2,1-3H3,(H,29,31). The molecule has 1 amide bonds. The van der Waals surface area contributed by atoms with E-state index in [1.807, 2.05) is 91.0 Å². The molecule has 0 unspecified atom stereocenters. The van der Waals surface area contributed by atoms with Crippen molar-refractivity contribution in [1.29, 1.82) is 0 Å². The molecule has 0 heterocycles. The van der Waals surface area contributed by atoms with E-state index in [2.05, 4.69) is 5.32 Å². The number of hydrogen-bond donors (Lipinski definition) is 1. The SMILES string of the molecule is CC(C)(C)OC(=O)NC(Cc1ccccc1)(Cc1ccccc1)C(=O)OCc1ccccc1. The lowest BCUT2D eigenvalue weighted by Gasteiger charge is -2.34. The number of esters is 1. The Labute approximate surface area is 195 Å². The normalized spacial score (nSPS) is 11.5. The summed E-state index contributed by atoms with van der Waals surface area (Å²) in [4.78, 5) is 26.5. The summed E-state index contributed by atoms with van der Waals surface area (Å²) in [5, 5.41) is 2.88. The third-order valence-electron chi connectivity index (χ3n) is 5.04. The second kappa shape index (κ2) is 10.8. The maximum Gasteiger partial charge on any atom is 0.408 e. The maximum atomic E-state index is 13.7. The van der Waals surface area contributed by atoms with Crippen LogP contribution in [0.4, 0.5) is 4.79 Å². The van der Waals surface area contributed by atoms with Crippen molar-refractivity contribution in [3.63, 3.8) is 0 Å². The lowest BCUT2D eigenvalue weighted by molar-refractivity contribution is -0.153. The summed E-state index contributed by atoms with van der Waals surface area (Å²) < 4.78 is 11.3. The second-order valence-electron chi connectivity index (χ2n) is 9.10. The molecule has 0 aromatic heterocycles. The predicted molar refractivity (Wildman–Crippen MR) is 129 cm³/mol. The zero-order chi connectivity index (χ0) is 23.7. The maximum absolute atomic E-state index is 13.7. The van der Waals surface area contributed by atoms with E-state index in [0.29, 0.717) is 0 Å². The minimum Gasteiger partial charge on any atom is -0.459 e. The van der Waals surface area contributed by atoms with Crippen LogP contribution in [-0.2, 0) is 33.7 Å². The number of alkyl carbamates (subject to hydrolysis) is 1. The van der Waals surface area contributed by atoms with Gasteiger partial charge in [0.15, 0.2) is 0 Å². The molecule has 0 aliphatic rings. The number of nitrogens with one attached hydrogen (secondary N) is 1. The highest BCUT2D eigenvalue weighted by Gasteiger charge is 2.43. The van der Waals surface area contributed by atoms with Gasteiger partial charge in [-0.25, -0.2) is 9.59 Å². The zero-order valence-corrected chi connectivity index (χ0v) is 19.4. The first kappa shape index (κ1) is 24.1. The van der Waals surface area contributed by atoms with Gasteiger partial charge in [0, 0.05) is 12.8 Å². The van der Waals surface area contributed by atoms with E-state index in [0.717, 1.165) is 16.7 Å². The summed E-state index contributed by atoms with van der Waals surface area (Å²) >= 11 is 0. The monoisotopic (exact) mass is 445 g/mol. The first-order valence-electron chi connectivity index (χ1n) is 11.1. The van der Waals surface area contributed by atoms with Gasteiger partial charge >= 0.3 is 12.1 Å². The van der Waals surface area contributed by atoms with Gasteiger partial charge in [-0.3, -0.25) is 0 Å². The number of amides is 1. The number of hydrogen-bond acceptors (Lipinski definition) is 4. The van der Waals surface area contributed by atoms with Gasteiger partial charge in [-0.15, -0.1) is 0 Å². The van der Waals surface area contributed by atoms with Crippen molar-refractivity contribution in [3.8, 4) is 0 Å². The zero-order valence-electron chi connectivity index (χ0n) is 19.4. The van der Waals surface area contributed by atoms with E-state index < -0.39 is 23.2 Å². The van der Waals surface area contributed by atoms with Gasteiger partial charge in [0.1, 0.15) is 17.7 Å². The van der Waals surface area contributed by atoms with Crippen LogP contribution < -0.4 is 5.32 Å². The molecule has 3 rings (SSSR count). The molecule has 0 saturated carbocycles.